The van der Waals surface area contributed by atoms with Gasteiger partial charge in [-0.3, -0.25) is 4.79 Å². The molecule has 4 nitrogen and oxygen atoms in total. The predicted octanol–water partition coefficient (Wildman–Crippen LogP) is 2.22. The van der Waals surface area contributed by atoms with Crippen LogP contribution in [0.4, 0.5) is 18.9 Å². The number of amides is 1. The van der Waals surface area contributed by atoms with Crippen molar-refractivity contribution in [2.45, 2.75) is 11.6 Å². The standard InChI is InChI=1S/C11H11F3N2O2S/c1-18-15-9-10(17)16(6-19-9)8-4-2-3-7(5-8)11(12,13)14/h2-5,9,15H,6H2,1H3. The van der Waals surface area contributed by atoms with Gasteiger partial charge in [-0.1, -0.05) is 6.07 Å². The van der Waals surface area contributed by atoms with Crippen molar-refractivity contribution in [1.29, 1.82) is 0 Å². The van der Waals surface area contributed by atoms with Crippen LogP contribution in [-0.4, -0.2) is 24.3 Å². The number of carbonyl (C=O) groups is 1. The van der Waals surface area contributed by atoms with Crippen LogP contribution in [0, 0.1) is 0 Å². The number of carbonyl (C=O) groups excluding carboxylic acids is 1. The van der Waals surface area contributed by atoms with E-state index in [2.05, 4.69) is 10.3 Å². The Morgan fingerprint density at radius 3 is 2.84 bits per heavy atom. The highest BCUT2D eigenvalue weighted by Crippen LogP contribution is 2.34. The summed E-state index contributed by atoms with van der Waals surface area (Å²) < 4.78 is 37.8. The molecule has 19 heavy (non-hydrogen) atoms. The first-order chi connectivity index (χ1) is 8.93. The third kappa shape index (κ3) is 3.02. The van der Waals surface area contributed by atoms with Crippen LogP contribution in [0.25, 0.3) is 0 Å². The average Bonchev–Trinajstić information content (AvgIpc) is 2.71. The van der Waals surface area contributed by atoms with Crippen LogP contribution in [0.3, 0.4) is 0 Å². The van der Waals surface area contributed by atoms with Gasteiger partial charge in [-0.15, -0.1) is 11.8 Å². The van der Waals surface area contributed by atoms with Gasteiger partial charge in [0.05, 0.1) is 18.6 Å². The van der Waals surface area contributed by atoms with Crippen molar-refractivity contribution >= 4 is 23.4 Å². The number of rotatable bonds is 3. The van der Waals surface area contributed by atoms with E-state index in [-0.39, 0.29) is 17.5 Å². The van der Waals surface area contributed by atoms with Crippen LogP contribution >= 0.6 is 11.8 Å². The van der Waals surface area contributed by atoms with Gasteiger partial charge in [0, 0.05) is 5.69 Å². The minimum atomic E-state index is -4.42. The van der Waals surface area contributed by atoms with Crippen LogP contribution in [0.5, 0.6) is 0 Å². The molecule has 0 aromatic heterocycles. The smallest absolute Gasteiger partial charge is 0.304 e. The normalized spacial score (nSPS) is 20.1. The summed E-state index contributed by atoms with van der Waals surface area (Å²) in [5.41, 5.74) is 1.95. The van der Waals surface area contributed by atoms with Crippen molar-refractivity contribution in [3.63, 3.8) is 0 Å². The van der Waals surface area contributed by atoms with E-state index in [4.69, 9.17) is 0 Å². The lowest BCUT2D eigenvalue weighted by atomic mass is 10.2. The summed E-state index contributed by atoms with van der Waals surface area (Å²) in [6.07, 6.45) is -4.42. The maximum absolute atomic E-state index is 12.6. The Balaban J connectivity index is 2.22. The fourth-order valence-corrected chi connectivity index (χ4v) is 2.68. The summed E-state index contributed by atoms with van der Waals surface area (Å²) in [5, 5.41) is -0.598. The predicted molar refractivity (Wildman–Crippen MR) is 65.3 cm³/mol. The monoisotopic (exact) mass is 292 g/mol. The number of hydrogen-bond donors (Lipinski definition) is 1. The Morgan fingerprint density at radius 1 is 1.47 bits per heavy atom. The minimum Gasteiger partial charge on any atom is -0.304 e. The fraction of sp³-hybridized carbons (Fsp3) is 0.364. The van der Waals surface area contributed by atoms with E-state index >= 15 is 0 Å². The zero-order valence-corrected chi connectivity index (χ0v) is 10.7. The Morgan fingerprint density at radius 2 is 2.21 bits per heavy atom. The molecule has 1 aliphatic rings. The van der Waals surface area contributed by atoms with Crippen LogP contribution in [0.15, 0.2) is 24.3 Å². The summed E-state index contributed by atoms with van der Waals surface area (Å²) >= 11 is 1.25. The lowest BCUT2D eigenvalue weighted by Gasteiger charge is -2.17. The molecule has 0 spiro atoms. The van der Waals surface area contributed by atoms with E-state index in [9.17, 15) is 18.0 Å². The van der Waals surface area contributed by atoms with E-state index in [1.54, 1.807) is 0 Å². The van der Waals surface area contributed by atoms with Crippen molar-refractivity contribution in [3.05, 3.63) is 29.8 Å². The van der Waals surface area contributed by atoms with E-state index in [1.807, 2.05) is 0 Å². The van der Waals surface area contributed by atoms with Gasteiger partial charge in [0.2, 0.25) is 0 Å². The van der Waals surface area contributed by atoms with E-state index in [0.29, 0.717) is 0 Å². The van der Waals surface area contributed by atoms with Crippen LogP contribution in [-0.2, 0) is 15.8 Å². The van der Waals surface area contributed by atoms with E-state index in [1.165, 1.54) is 35.9 Å². The molecule has 2 rings (SSSR count). The maximum atomic E-state index is 12.6. The number of nitrogens with one attached hydrogen (secondary N) is 1. The van der Waals surface area contributed by atoms with Crippen molar-refractivity contribution < 1.29 is 22.8 Å². The third-order valence-corrected chi connectivity index (χ3v) is 3.61. The molecule has 0 radical (unpaired) electrons. The molecule has 0 saturated carbocycles. The highest BCUT2D eigenvalue weighted by atomic mass is 32.2. The van der Waals surface area contributed by atoms with Gasteiger partial charge < -0.3 is 9.74 Å². The molecular weight excluding hydrogens is 281 g/mol. The van der Waals surface area contributed by atoms with Crippen LogP contribution in [0.2, 0.25) is 0 Å². The first kappa shape index (κ1) is 14.2. The third-order valence-electron chi connectivity index (χ3n) is 2.57. The highest BCUT2D eigenvalue weighted by molar-refractivity contribution is 8.01. The number of hydrogen-bond acceptors (Lipinski definition) is 4. The number of halogens is 3. The molecule has 1 aromatic carbocycles. The fourth-order valence-electron chi connectivity index (χ4n) is 1.67. The number of hydroxylamine groups is 1. The molecule has 1 saturated heterocycles. The number of benzene rings is 1. The molecule has 1 aromatic rings. The number of thioether (sulfide) groups is 1. The van der Waals surface area contributed by atoms with Gasteiger partial charge in [-0.2, -0.15) is 18.7 Å². The second-order valence-corrected chi connectivity index (χ2v) is 4.88. The quantitative estimate of drug-likeness (QED) is 0.867. The topological polar surface area (TPSA) is 41.6 Å². The molecule has 1 fully saturated rings. The molecule has 1 N–H and O–H groups in total. The summed E-state index contributed by atoms with van der Waals surface area (Å²) in [5.74, 6) is -0.0487. The molecule has 1 unspecified atom stereocenters. The minimum absolute atomic E-state index is 0.229. The first-order valence-corrected chi connectivity index (χ1v) is 6.37. The Kier molecular flexibility index (Phi) is 4.02. The molecular formula is C11H11F3N2O2S. The summed E-state index contributed by atoms with van der Waals surface area (Å²) in [7, 11) is 1.38. The van der Waals surface area contributed by atoms with Crippen molar-refractivity contribution in [1.82, 2.24) is 5.48 Å². The molecule has 8 heteroatoms. The van der Waals surface area contributed by atoms with Crippen LogP contribution < -0.4 is 10.4 Å². The highest BCUT2D eigenvalue weighted by Gasteiger charge is 2.35. The maximum Gasteiger partial charge on any atom is 0.416 e. The molecule has 1 amide bonds. The number of nitrogens with zero attached hydrogens (tertiary/aromatic N) is 1. The van der Waals surface area contributed by atoms with Crippen molar-refractivity contribution in [2.75, 3.05) is 17.9 Å². The summed E-state index contributed by atoms with van der Waals surface area (Å²) in [4.78, 5) is 17.9. The van der Waals surface area contributed by atoms with Crippen LogP contribution in [0.1, 0.15) is 5.56 Å². The molecule has 1 heterocycles. The van der Waals surface area contributed by atoms with Gasteiger partial charge >= 0.3 is 6.18 Å². The first-order valence-electron chi connectivity index (χ1n) is 5.32. The Bertz CT molecular complexity index is 481. The summed E-state index contributed by atoms with van der Waals surface area (Å²) in [6, 6.07) is 4.70. The molecule has 1 aliphatic heterocycles. The zero-order chi connectivity index (χ0) is 14.0. The molecule has 0 bridgehead atoms. The number of alkyl halides is 3. The van der Waals surface area contributed by atoms with E-state index in [0.717, 1.165) is 12.1 Å². The van der Waals surface area contributed by atoms with Gasteiger partial charge in [0.15, 0.2) is 5.37 Å². The number of anilines is 1. The van der Waals surface area contributed by atoms with Gasteiger partial charge in [0.25, 0.3) is 5.91 Å². The van der Waals surface area contributed by atoms with Crippen molar-refractivity contribution in [3.8, 4) is 0 Å². The van der Waals surface area contributed by atoms with Gasteiger partial charge in [-0.05, 0) is 18.2 Å². The Labute approximate surface area is 111 Å². The van der Waals surface area contributed by atoms with Crippen molar-refractivity contribution in [2.24, 2.45) is 0 Å². The second kappa shape index (κ2) is 5.40. The van der Waals surface area contributed by atoms with Gasteiger partial charge in [-0.25, -0.2) is 0 Å². The second-order valence-electron chi connectivity index (χ2n) is 3.81. The lowest BCUT2D eigenvalue weighted by Crippen LogP contribution is -2.37. The van der Waals surface area contributed by atoms with Gasteiger partial charge in [0.1, 0.15) is 0 Å². The Hall–Kier alpha value is -1.25. The molecule has 0 aliphatic carbocycles. The zero-order valence-electron chi connectivity index (χ0n) is 9.90. The largest absolute Gasteiger partial charge is 0.416 e. The SMILES string of the molecule is CONC1SCN(c2cccc(C(F)(F)F)c2)C1=O. The van der Waals surface area contributed by atoms with E-state index < -0.39 is 17.1 Å². The molecule has 104 valence electrons. The molecule has 1 atom stereocenters. The average molecular weight is 292 g/mol. The lowest BCUT2D eigenvalue weighted by molar-refractivity contribution is -0.137. The summed E-state index contributed by atoms with van der Waals surface area (Å²) in [6.45, 7) is 0.